The molecular formula is C25H33N3O3. The lowest BCUT2D eigenvalue weighted by molar-refractivity contribution is -0.139. The number of methoxy groups -OCH3 is 1. The Morgan fingerprint density at radius 1 is 1.10 bits per heavy atom. The number of amides is 2. The molecule has 3 N–H and O–H groups in total. The Hall–Kier alpha value is -2.86. The van der Waals surface area contributed by atoms with E-state index >= 15 is 0 Å². The fraction of sp³-hybridized carbons (Fsp3) is 0.440. The summed E-state index contributed by atoms with van der Waals surface area (Å²) in [7, 11) is 1.67. The van der Waals surface area contributed by atoms with E-state index < -0.39 is 11.9 Å². The standard InChI is InChI=1S/C25H33N3O3/c1-25(2,3)27-20-14-18(19-12-8-9-13-22(19)31-4)15-21(17-10-6-5-7-11-17)28(24(20)30)16-23(26)29/h5-13,18,20-21,27H,14-16H2,1-4H3,(H2,26,29). The number of hydrogen-bond donors (Lipinski definition) is 2. The zero-order valence-electron chi connectivity index (χ0n) is 18.8. The van der Waals surface area contributed by atoms with Crippen molar-refractivity contribution in [2.75, 3.05) is 13.7 Å². The Bertz CT molecular complexity index is 908. The number of benzene rings is 2. The van der Waals surface area contributed by atoms with E-state index in [-0.39, 0.29) is 30.0 Å². The van der Waals surface area contributed by atoms with E-state index in [1.807, 2.05) is 69.3 Å². The average Bonchev–Trinajstić information content (AvgIpc) is 2.85. The number of carbonyl (C=O) groups excluding carboxylic acids is 2. The van der Waals surface area contributed by atoms with Crippen LogP contribution in [0.4, 0.5) is 0 Å². The summed E-state index contributed by atoms with van der Waals surface area (Å²) in [6, 6.07) is 17.1. The number of hydrogen-bond acceptors (Lipinski definition) is 4. The first kappa shape index (κ1) is 22.8. The van der Waals surface area contributed by atoms with Crippen molar-refractivity contribution in [3.63, 3.8) is 0 Å². The molecule has 2 amide bonds. The van der Waals surface area contributed by atoms with Crippen LogP contribution in [-0.2, 0) is 9.59 Å². The molecule has 1 aliphatic rings. The minimum atomic E-state index is -0.514. The van der Waals surface area contributed by atoms with Crippen LogP contribution in [0, 0.1) is 0 Å². The fourth-order valence-corrected chi connectivity index (χ4v) is 4.48. The minimum Gasteiger partial charge on any atom is -0.496 e. The minimum absolute atomic E-state index is 0.0584. The Morgan fingerprint density at radius 2 is 1.74 bits per heavy atom. The lowest BCUT2D eigenvalue weighted by Gasteiger charge is -2.33. The summed E-state index contributed by atoms with van der Waals surface area (Å²) in [6.07, 6.45) is 1.28. The predicted octanol–water partition coefficient (Wildman–Crippen LogP) is 3.38. The van der Waals surface area contributed by atoms with E-state index in [9.17, 15) is 9.59 Å². The lowest BCUT2D eigenvalue weighted by atomic mass is 9.85. The quantitative estimate of drug-likeness (QED) is 0.746. The average molecular weight is 424 g/mol. The molecule has 6 heteroatoms. The topological polar surface area (TPSA) is 84.7 Å². The maximum atomic E-state index is 13.7. The first-order valence-corrected chi connectivity index (χ1v) is 10.7. The normalized spacial score (nSPS) is 22.1. The lowest BCUT2D eigenvalue weighted by Crippen LogP contribution is -2.53. The highest BCUT2D eigenvalue weighted by Crippen LogP contribution is 2.42. The number of nitrogens with zero attached hydrogens (tertiary/aromatic N) is 1. The summed E-state index contributed by atoms with van der Waals surface area (Å²) in [5.74, 6) is 0.257. The summed E-state index contributed by atoms with van der Waals surface area (Å²) < 4.78 is 5.64. The molecule has 6 nitrogen and oxygen atoms in total. The van der Waals surface area contributed by atoms with Crippen LogP contribution < -0.4 is 15.8 Å². The summed E-state index contributed by atoms with van der Waals surface area (Å²) in [4.78, 5) is 27.3. The SMILES string of the molecule is COc1ccccc1C1CC(NC(C)(C)C)C(=O)N(CC(N)=O)C(c2ccccc2)C1. The highest BCUT2D eigenvalue weighted by atomic mass is 16.5. The highest BCUT2D eigenvalue weighted by molar-refractivity contribution is 5.87. The molecule has 166 valence electrons. The molecule has 2 aromatic carbocycles. The van der Waals surface area contributed by atoms with Crippen molar-refractivity contribution in [3.8, 4) is 5.75 Å². The number of nitrogens with two attached hydrogens (primary N) is 1. The van der Waals surface area contributed by atoms with Gasteiger partial charge in [-0.15, -0.1) is 0 Å². The van der Waals surface area contributed by atoms with Gasteiger partial charge in [0.2, 0.25) is 11.8 Å². The Morgan fingerprint density at radius 3 is 2.35 bits per heavy atom. The third-order valence-corrected chi connectivity index (χ3v) is 5.68. The Balaban J connectivity index is 2.10. The summed E-state index contributed by atoms with van der Waals surface area (Å²) in [5, 5.41) is 3.48. The molecule has 0 spiro atoms. The first-order chi connectivity index (χ1) is 14.7. The zero-order valence-corrected chi connectivity index (χ0v) is 18.8. The second-order valence-electron chi connectivity index (χ2n) is 9.22. The second-order valence-corrected chi connectivity index (χ2v) is 9.22. The molecule has 0 aliphatic carbocycles. The monoisotopic (exact) mass is 423 g/mol. The summed E-state index contributed by atoms with van der Waals surface area (Å²) in [6.45, 7) is 6.00. The first-order valence-electron chi connectivity index (χ1n) is 10.7. The van der Waals surface area contributed by atoms with Gasteiger partial charge in [-0.3, -0.25) is 9.59 Å². The van der Waals surface area contributed by atoms with Crippen molar-refractivity contribution in [1.29, 1.82) is 0 Å². The third-order valence-electron chi connectivity index (χ3n) is 5.68. The number of carbonyl (C=O) groups is 2. The van der Waals surface area contributed by atoms with Crippen LogP contribution >= 0.6 is 0 Å². The zero-order chi connectivity index (χ0) is 22.6. The van der Waals surface area contributed by atoms with Crippen molar-refractivity contribution in [3.05, 3.63) is 65.7 Å². The maximum Gasteiger partial charge on any atom is 0.240 e. The van der Waals surface area contributed by atoms with Crippen LogP contribution in [0.25, 0.3) is 0 Å². The molecule has 0 radical (unpaired) electrons. The largest absolute Gasteiger partial charge is 0.496 e. The number of primary amides is 1. The van der Waals surface area contributed by atoms with Crippen molar-refractivity contribution < 1.29 is 14.3 Å². The molecule has 1 heterocycles. The van der Waals surface area contributed by atoms with E-state index in [0.717, 1.165) is 16.9 Å². The van der Waals surface area contributed by atoms with Gasteiger partial charge < -0.3 is 20.7 Å². The fourth-order valence-electron chi connectivity index (χ4n) is 4.48. The van der Waals surface area contributed by atoms with Gasteiger partial charge in [0.1, 0.15) is 5.75 Å². The maximum absolute atomic E-state index is 13.7. The van der Waals surface area contributed by atoms with Crippen LogP contribution in [0.3, 0.4) is 0 Å². The van der Waals surface area contributed by atoms with E-state index in [1.54, 1.807) is 12.0 Å². The number of rotatable bonds is 6. The van der Waals surface area contributed by atoms with Crippen LogP contribution in [-0.4, -0.2) is 41.9 Å². The van der Waals surface area contributed by atoms with Gasteiger partial charge in [-0.1, -0.05) is 48.5 Å². The van der Waals surface area contributed by atoms with E-state index in [4.69, 9.17) is 10.5 Å². The number of ether oxygens (including phenoxy) is 1. The van der Waals surface area contributed by atoms with Crippen molar-refractivity contribution in [2.24, 2.45) is 5.73 Å². The number of likely N-dealkylation sites (tertiary alicyclic amines) is 1. The Kier molecular flexibility index (Phi) is 7.01. The van der Waals surface area contributed by atoms with Crippen LogP contribution in [0.15, 0.2) is 54.6 Å². The third kappa shape index (κ3) is 5.64. The van der Waals surface area contributed by atoms with E-state index in [1.165, 1.54) is 0 Å². The second kappa shape index (κ2) is 9.52. The molecule has 3 unspecified atom stereocenters. The van der Waals surface area contributed by atoms with Crippen LogP contribution in [0.2, 0.25) is 0 Å². The number of para-hydroxylation sites is 1. The van der Waals surface area contributed by atoms with Gasteiger partial charge in [0.25, 0.3) is 0 Å². The van der Waals surface area contributed by atoms with Gasteiger partial charge in [0, 0.05) is 5.54 Å². The van der Waals surface area contributed by atoms with Gasteiger partial charge in [0.15, 0.2) is 0 Å². The van der Waals surface area contributed by atoms with Gasteiger partial charge in [0.05, 0.1) is 25.7 Å². The molecule has 31 heavy (non-hydrogen) atoms. The summed E-state index contributed by atoms with van der Waals surface area (Å²) >= 11 is 0. The molecule has 1 saturated heterocycles. The molecule has 2 aromatic rings. The molecule has 1 fully saturated rings. The van der Waals surface area contributed by atoms with Crippen molar-refractivity contribution >= 4 is 11.8 Å². The summed E-state index contributed by atoms with van der Waals surface area (Å²) in [5.41, 5.74) is 7.36. The van der Waals surface area contributed by atoms with Gasteiger partial charge >= 0.3 is 0 Å². The molecular weight excluding hydrogens is 390 g/mol. The van der Waals surface area contributed by atoms with Gasteiger partial charge in [-0.2, -0.15) is 0 Å². The van der Waals surface area contributed by atoms with E-state index in [2.05, 4.69) is 11.4 Å². The van der Waals surface area contributed by atoms with Crippen LogP contribution in [0.1, 0.15) is 56.7 Å². The predicted molar refractivity (Wildman–Crippen MR) is 122 cm³/mol. The van der Waals surface area contributed by atoms with Crippen LogP contribution in [0.5, 0.6) is 5.75 Å². The van der Waals surface area contributed by atoms with Gasteiger partial charge in [-0.05, 0) is 56.7 Å². The molecule has 3 rings (SSSR count). The number of nitrogens with one attached hydrogen (secondary N) is 1. The van der Waals surface area contributed by atoms with Crippen molar-refractivity contribution in [1.82, 2.24) is 10.2 Å². The molecule has 0 saturated carbocycles. The molecule has 3 atom stereocenters. The highest BCUT2D eigenvalue weighted by Gasteiger charge is 2.40. The van der Waals surface area contributed by atoms with E-state index in [0.29, 0.717) is 12.8 Å². The smallest absolute Gasteiger partial charge is 0.240 e. The Labute approximate surface area is 184 Å². The molecule has 1 aliphatic heterocycles. The molecule has 0 aromatic heterocycles. The van der Waals surface area contributed by atoms with Crippen molar-refractivity contribution in [2.45, 2.75) is 57.2 Å². The molecule has 0 bridgehead atoms. The van der Waals surface area contributed by atoms with Gasteiger partial charge in [-0.25, -0.2) is 0 Å².